The Hall–Kier alpha value is -4.37. The van der Waals surface area contributed by atoms with E-state index in [0.717, 1.165) is 88.0 Å². The van der Waals surface area contributed by atoms with Gasteiger partial charge >= 0.3 is 5.97 Å². The molecule has 4 aliphatic rings. The average molecular weight is 825 g/mol. The van der Waals surface area contributed by atoms with E-state index in [-0.39, 0.29) is 42.8 Å². The summed E-state index contributed by atoms with van der Waals surface area (Å²) in [5.41, 5.74) is 10.8. The van der Waals surface area contributed by atoms with Crippen molar-refractivity contribution in [2.75, 3.05) is 51.8 Å². The third-order valence-corrected chi connectivity index (χ3v) is 13.7. The zero-order valence-corrected chi connectivity index (χ0v) is 36.7. The molecule has 2 N–H and O–H groups in total. The van der Waals surface area contributed by atoms with Crippen LogP contribution in [0, 0.1) is 17.3 Å². The molecular formula is C45H60N8O5S. The minimum atomic E-state index is -0.827. The number of nitrogens with zero attached hydrogens (tertiary/aromatic N) is 6. The van der Waals surface area contributed by atoms with Crippen molar-refractivity contribution >= 4 is 45.7 Å². The highest BCUT2D eigenvalue weighted by Gasteiger charge is 2.42. The molecule has 13 nitrogen and oxygen atoms in total. The standard InChI is InChI=1S/C45H60N8O5S/c1-9-51-38-13-12-29-18-32(38)34(41(51)33-19-30(22-46-40(33)28(4)57-8)52-16-15-50(7)23-27(52)3)21-45(5,6)25-58-44(56)35-11-10-14-53(49-35)43(55)36(20-39-47-37(29)24-59-39)48-42(54)31-17-26(31)2/h12-13,18-19,22,24,26-28,31,35-36,49H,9-11,14-17,20-21,23,25H2,1-8H3,(H,48,54)/t26-,27+,28-,31-,35-,36-/m0/s1. The van der Waals surface area contributed by atoms with Gasteiger partial charge in [0.15, 0.2) is 0 Å². The molecule has 2 saturated heterocycles. The summed E-state index contributed by atoms with van der Waals surface area (Å²) in [6.07, 6.45) is 4.60. The number of cyclic esters (lactones) is 1. The van der Waals surface area contributed by atoms with E-state index in [1.54, 1.807) is 7.11 Å². The third-order valence-electron chi connectivity index (χ3n) is 12.8. The summed E-state index contributed by atoms with van der Waals surface area (Å²) in [5.74, 6) is -0.565. The number of rotatable bonds is 7. The molecule has 8 rings (SSSR count). The fraction of sp³-hybridized carbons (Fsp3) is 0.578. The summed E-state index contributed by atoms with van der Waals surface area (Å²) in [5, 5.41) is 8.47. The number of amides is 2. The van der Waals surface area contributed by atoms with Crippen molar-refractivity contribution < 1.29 is 23.9 Å². The van der Waals surface area contributed by atoms with Crippen LogP contribution in [-0.2, 0) is 43.2 Å². The van der Waals surface area contributed by atoms with Gasteiger partial charge in [0.25, 0.3) is 5.91 Å². The number of carbonyl (C=O) groups excluding carboxylic acids is 3. The SMILES string of the molecule is CCn1c(-c2cc(N3CCN(C)C[C@H]3C)cnc2[C@H](C)OC)c2c3cc(ccc31)-c1csc(n1)C[C@H](NC(=O)[C@H]1C[C@@H]1C)C(=O)N1CCC[C@H](N1)C(=O)OCC(C)(C)C2. The molecule has 6 heterocycles. The molecule has 3 fully saturated rings. The molecule has 6 atom stereocenters. The van der Waals surface area contributed by atoms with Crippen molar-refractivity contribution in [3.63, 3.8) is 0 Å². The van der Waals surface area contributed by atoms with Gasteiger partial charge in [-0.1, -0.05) is 26.8 Å². The van der Waals surface area contributed by atoms with Crippen molar-refractivity contribution in [3.05, 3.63) is 52.1 Å². The molecular weight excluding hydrogens is 765 g/mol. The van der Waals surface area contributed by atoms with Crippen molar-refractivity contribution in [1.29, 1.82) is 0 Å². The van der Waals surface area contributed by atoms with Gasteiger partial charge in [-0.25, -0.2) is 10.4 Å². The summed E-state index contributed by atoms with van der Waals surface area (Å²) in [4.78, 5) is 56.3. The highest BCUT2D eigenvalue weighted by atomic mass is 32.1. The maximum atomic E-state index is 14.1. The van der Waals surface area contributed by atoms with Crippen LogP contribution in [0.5, 0.6) is 0 Å². The van der Waals surface area contributed by atoms with Gasteiger partial charge in [-0.3, -0.25) is 24.4 Å². The largest absolute Gasteiger partial charge is 0.464 e. The number of ether oxygens (including phenoxy) is 2. The number of methoxy groups -OCH3 is 1. The Kier molecular flexibility index (Phi) is 11.6. The van der Waals surface area contributed by atoms with Gasteiger partial charge in [0, 0.05) is 91.0 Å². The van der Waals surface area contributed by atoms with Crippen LogP contribution in [0.4, 0.5) is 5.69 Å². The molecule has 2 amide bonds. The van der Waals surface area contributed by atoms with Crippen LogP contribution >= 0.6 is 11.3 Å². The van der Waals surface area contributed by atoms with Crippen LogP contribution in [0.1, 0.15) is 83.2 Å². The number of nitrogens with one attached hydrogen (secondary N) is 2. The summed E-state index contributed by atoms with van der Waals surface area (Å²) in [6, 6.07) is 7.68. The topological polar surface area (TPSA) is 134 Å². The smallest absolute Gasteiger partial charge is 0.324 e. The van der Waals surface area contributed by atoms with Crippen LogP contribution in [0.2, 0.25) is 0 Å². The maximum absolute atomic E-state index is 14.1. The number of piperazine rings is 1. The van der Waals surface area contributed by atoms with Crippen molar-refractivity contribution in [2.24, 2.45) is 17.3 Å². The van der Waals surface area contributed by atoms with Crippen LogP contribution in [0.25, 0.3) is 33.4 Å². The first-order chi connectivity index (χ1) is 28.2. The number of hydrogen-bond acceptors (Lipinski definition) is 11. The first-order valence-electron chi connectivity index (χ1n) is 21.4. The van der Waals surface area contributed by atoms with Gasteiger partial charge < -0.3 is 29.2 Å². The molecule has 316 valence electrons. The Balaban J connectivity index is 1.27. The molecule has 0 radical (unpaired) electrons. The first-order valence-corrected chi connectivity index (χ1v) is 22.3. The molecule has 1 aromatic carbocycles. The fourth-order valence-electron chi connectivity index (χ4n) is 9.25. The van der Waals surface area contributed by atoms with E-state index in [1.165, 1.54) is 16.3 Å². The lowest BCUT2D eigenvalue weighted by Crippen LogP contribution is -2.60. The van der Waals surface area contributed by atoms with Gasteiger partial charge in [0.2, 0.25) is 5.91 Å². The van der Waals surface area contributed by atoms with Gasteiger partial charge in [-0.05, 0) is 83.2 Å². The van der Waals surface area contributed by atoms with Crippen LogP contribution in [-0.4, -0.2) is 107 Å². The Morgan fingerprint density at radius 1 is 1.17 bits per heavy atom. The second-order valence-corrected chi connectivity index (χ2v) is 19.0. The highest BCUT2D eigenvalue weighted by Crippen LogP contribution is 2.43. The zero-order chi connectivity index (χ0) is 41.7. The highest BCUT2D eigenvalue weighted by molar-refractivity contribution is 7.10. The molecule has 3 aromatic heterocycles. The number of anilines is 1. The molecule has 59 heavy (non-hydrogen) atoms. The number of hydrazine groups is 1. The molecule has 1 aliphatic carbocycles. The minimum Gasteiger partial charge on any atom is -0.464 e. The number of thiazole rings is 1. The Morgan fingerprint density at radius 2 is 1.97 bits per heavy atom. The maximum Gasteiger partial charge on any atom is 0.324 e. The number of hydrogen-bond donors (Lipinski definition) is 2. The normalized spacial score (nSPS) is 25.7. The molecule has 14 heteroatoms. The van der Waals surface area contributed by atoms with E-state index in [4.69, 9.17) is 19.4 Å². The third kappa shape index (κ3) is 8.38. The Bertz CT molecular complexity index is 2230. The Labute approximate surface area is 351 Å². The minimum absolute atomic E-state index is 0.0910. The number of fused-ring (bicyclic) bond motifs is 6. The number of pyridine rings is 1. The number of esters is 1. The second kappa shape index (κ2) is 16.6. The fourth-order valence-corrected chi connectivity index (χ4v) is 10.1. The number of aromatic nitrogens is 3. The number of likely N-dealkylation sites (N-methyl/N-ethyl adjacent to an activating group) is 1. The second-order valence-electron chi connectivity index (χ2n) is 18.1. The van der Waals surface area contributed by atoms with E-state index < -0.39 is 17.5 Å². The summed E-state index contributed by atoms with van der Waals surface area (Å²) >= 11 is 1.49. The van der Waals surface area contributed by atoms with E-state index in [1.807, 2.05) is 11.6 Å². The van der Waals surface area contributed by atoms with Crippen LogP contribution < -0.4 is 15.6 Å². The Morgan fingerprint density at radius 3 is 2.69 bits per heavy atom. The lowest BCUT2D eigenvalue weighted by molar-refractivity contribution is -0.155. The van der Waals surface area contributed by atoms with Crippen molar-refractivity contribution in [3.8, 4) is 22.5 Å². The lowest BCUT2D eigenvalue weighted by Gasteiger charge is -2.40. The monoisotopic (exact) mass is 824 g/mol. The lowest BCUT2D eigenvalue weighted by atomic mass is 9.84. The van der Waals surface area contributed by atoms with Gasteiger partial charge in [0.05, 0.1) is 46.7 Å². The summed E-state index contributed by atoms with van der Waals surface area (Å²) in [6.45, 7) is 17.0. The van der Waals surface area contributed by atoms with Crippen molar-refractivity contribution in [2.45, 2.75) is 104 Å². The quantitative estimate of drug-likeness (QED) is 0.214. The zero-order valence-electron chi connectivity index (χ0n) is 35.8. The number of benzene rings is 1. The van der Waals surface area contributed by atoms with Gasteiger partial charge in [-0.15, -0.1) is 11.3 Å². The molecule has 0 spiro atoms. The van der Waals surface area contributed by atoms with Gasteiger partial charge in [0.1, 0.15) is 12.1 Å². The molecule has 0 unspecified atom stereocenters. The predicted octanol–water partition coefficient (Wildman–Crippen LogP) is 6.00. The molecule has 1 saturated carbocycles. The summed E-state index contributed by atoms with van der Waals surface area (Å²) in [7, 11) is 3.91. The van der Waals surface area contributed by atoms with Gasteiger partial charge in [-0.2, -0.15) is 0 Å². The number of aryl methyl sites for hydroxylation is 1. The number of carbonyl (C=O) groups is 3. The van der Waals surface area contributed by atoms with E-state index in [2.05, 4.69) is 98.0 Å². The van der Waals surface area contributed by atoms with E-state index in [9.17, 15) is 14.4 Å². The molecule has 3 aliphatic heterocycles. The molecule has 4 aromatic rings. The van der Waals surface area contributed by atoms with Crippen molar-refractivity contribution in [1.82, 2.24) is 35.2 Å². The van der Waals surface area contributed by atoms with E-state index in [0.29, 0.717) is 37.8 Å². The first kappa shape index (κ1) is 41.4. The van der Waals surface area contributed by atoms with E-state index >= 15 is 0 Å². The predicted molar refractivity (Wildman–Crippen MR) is 231 cm³/mol. The van der Waals surface area contributed by atoms with Crippen LogP contribution in [0.3, 0.4) is 0 Å². The average Bonchev–Trinajstić information content (AvgIpc) is 3.65. The molecule has 6 bridgehead atoms. The summed E-state index contributed by atoms with van der Waals surface area (Å²) < 4.78 is 14.5. The van der Waals surface area contributed by atoms with Crippen LogP contribution in [0.15, 0.2) is 35.8 Å².